The molecular weight excluding hydrogens is 545 g/mol. The van der Waals surface area contributed by atoms with Crippen molar-refractivity contribution in [3.05, 3.63) is 93.5 Å². The molecule has 0 bridgehead atoms. The summed E-state index contributed by atoms with van der Waals surface area (Å²) in [4.78, 5) is 28.0. The summed E-state index contributed by atoms with van der Waals surface area (Å²) in [6.07, 6.45) is 0. The molecule has 3 rings (SSSR count). The van der Waals surface area contributed by atoms with E-state index in [4.69, 9.17) is 23.2 Å². The summed E-state index contributed by atoms with van der Waals surface area (Å²) >= 11 is 12.6. The number of anilines is 1. The van der Waals surface area contributed by atoms with E-state index in [-0.39, 0.29) is 33.1 Å². The van der Waals surface area contributed by atoms with Crippen LogP contribution in [0.1, 0.15) is 30.5 Å². The number of halogens is 2. The predicted octanol–water partition coefficient (Wildman–Crippen LogP) is 5.36. The van der Waals surface area contributed by atoms with Crippen molar-refractivity contribution >= 4 is 50.7 Å². The fraction of sp³-hybridized carbons (Fsp3) is 0.286. The number of nitrogens with zero attached hydrogens (tertiary/aromatic N) is 2. The molecule has 0 saturated heterocycles. The van der Waals surface area contributed by atoms with E-state index in [1.54, 1.807) is 26.0 Å². The molecule has 1 atom stereocenters. The number of carbonyl (C=O) groups is 2. The Morgan fingerprint density at radius 1 is 0.947 bits per heavy atom. The van der Waals surface area contributed by atoms with Gasteiger partial charge in [-0.25, -0.2) is 8.42 Å². The van der Waals surface area contributed by atoms with E-state index in [2.05, 4.69) is 5.32 Å². The van der Waals surface area contributed by atoms with Gasteiger partial charge < -0.3 is 10.2 Å². The Bertz CT molecular complexity index is 1410. The van der Waals surface area contributed by atoms with Gasteiger partial charge in [-0.2, -0.15) is 0 Å². The highest BCUT2D eigenvalue weighted by Gasteiger charge is 2.33. The van der Waals surface area contributed by atoms with E-state index < -0.39 is 28.5 Å². The lowest BCUT2D eigenvalue weighted by molar-refractivity contribution is -0.139. The molecule has 0 fully saturated rings. The molecule has 0 radical (unpaired) electrons. The van der Waals surface area contributed by atoms with Gasteiger partial charge in [0.15, 0.2) is 0 Å². The number of amides is 2. The van der Waals surface area contributed by atoms with Crippen molar-refractivity contribution in [3.63, 3.8) is 0 Å². The van der Waals surface area contributed by atoms with Crippen molar-refractivity contribution in [2.45, 2.75) is 45.2 Å². The SMILES string of the molecule is CCNC(=O)[C@H](C)N(Cc1cccc(C)c1)C(=O)CN(c1cc(Cl)ccc1Cl)S(=O)(=O)c1ccc(C)cc1. The molecule has 2 amide bonds. The number of benzene rings is 3. The zero-order chi connectivity index (χ0) is 28.0. The van der Waals surface area contributed by atoms with Crippen LogP contribution in [0.4, 0.5) is 5.69 Å². The smallest absolute Gasteiger partial charge is 0.264 e. The maximum absolute atomic E-state index is 13.9. The van der Waals surface area contributed by atoms with E-state index in [1.165, 1.54) is 35.2 Å². The van der Waals surface area contributed by atoms with Gasteiger partial charge in [0.05, 0.1) is 15.6 Å². The second-order valence-corrected chi connectivity index (χ2v) is 11.7. The highest BCUT2D eigenvalue weighted by atomic mass is 35.5. The molecule has 1 N–H and O–H groups in total. The summed E-state index contributed by atoms with van der Waals surface area (Å²) in [6, 6.07) is 17.4. The Hall–Kier alpha value is -3.07. The van der Waals surface area contributed by atoms with E-state index >= 15 is 0 Å². The highest BCUT2D eigenvalue weighted by Crippen LogP contribution is 2.33. The molecule has 10 heteroatoms. The number of nitrogens with one attached hydrogen (secondary N) is 1. The first kappa shape index (κ1) is 29.5. The van der Waals surface area contributed by atoms with Crippen LogP contribution in [-0.2, 0) is 26.2 Å². The largest absolute Gasteiger partial charge is 0.355 e. The molecule has 0 unspecified atom stereocenters. The Balaban J connectivity index is 2.08. The Labute approximate surface area is 234 Å². The van der Waals surface area contributed by atoms with Gasteiger partial charge in [0, 0.05) is 18.1 Å². The monoisotopic (exact) mass is 575 g/mol. The average molecular weight is 577 g/mol. The molecule has 0 saturated carbocycles. The molecule has 0 heterocycles. The first-order valence-corrected chi connectivity index (χ1v) is 14.3. The molecule has 202 valence electrons. The van der Waals surface area contributed by atoms with Gasteiger partial charge in [-0.1, -0.05) is 70.7 Å². The van der Waals surface area contributed by atoms with Crippen LogP contribution in [0, 0.1) is 13.8 Å². The molecule has 3 aromatic rings. The standard InChI is InChI=1S/C28H31Cl2N3O4S/c1-5-31-28(35)21(4)32(17-22-8-6-7-20(3)15-22)27(34)18-33(26-16-23(29)11-14-25(26)30)38(36,37)24-12-9-19(2)10-13-24/h6-16,21H,5,17-18H2,1-4H3,(H,31,35)/t21-/m0/s1. The topological polar surface area (TPSA) is 86.8 Å². The predicted molar refractivity (Wildman–Crippen MR) is 152 cm³/mol. The quantitative estimate of drug-likeness (QED) is 0.352. The average Bonchev–Trinajstić information content (AvgIpc) is 2.87. The first-order chi connectivity index (χ1) is 17.9. The fourth-order valence-corrected chi connectivity index (χ4v) is 5.80. The van der Waals surface area contributed by atoms with E-state index in [9.17, 15) is 18.0 Å². The number of aryl methyl sites for hydroxylation is 2. The highest BCUT2D eigenvalue weighted by molar-refractivity contribution is 7.92. The maximum atomic E-state index is 13.9. The number of hydrogen-bond donors (Lipinski definition) is 1. The summed E-state index contributed by atoms with van der Waals surface area (Å²) in [5, 5.41) is 3.11. The van der Waals surface area contributed by atoms with E-state index in [0.29, 0.717) is 6.54 Å². The van der Waals surface area contributed by atoms with Crippen LogP contribution < -0.4 is 9.62 Å². The molecule has 0 spiro atoms. The third kappa shape index (κ3) is 7.07. The molecule has 0 aliphatic heterocycles. The Morgan fingerprint density at radius 3 is 2.26 bits per heavy atom. The van der Waals surface area contributed by atoms with Gasteiger partial charge in [-0.05, 0) is 63.6 Å². The van der Waals surface area contributed by atoms with Gasteiger partial charge in [0.25, 0.3) is 10.0 Å². The first-order valence-electron chi connectivity index (χ1n) is 12.1. The molecule has 0 aromatic heterocycles. The van der Waals surface area contributed by atoms with Crippen molar-refractivity contribution in [1.29, 1.82) is 0 Å². The maximum Gasteiger partial charge on any atom is 0.264 e. The van der Waals surface area contributed by atoms with Gasteiger partial charge in [-0.3, -0.25) is 13.9 Å². The number of hydrogen-bond acceptors (Lipinski definition) is 4. The molecule has 38 heavy (non-hydrogen) atoms. The van der Waals surface area contributed by atoms with Crippen molar-refractivity contribution in [2.24, 2.45) is 0 Å². The molecule has 0 aliphatic carbocycles. The lowest BCUT2D eigenvalue weighted by Gasteiger charge is -2.32. The van der Waals surface area contributed by atoms with Crippen molar-refractivity contribution in [2.75, 3.05) is 17.4 Å². The molecule has 0 aliphatic rings. The number of sulfonamides is 1. The van der Waals surface area contributed by atoms with E-state index in [0.717, 1.165) is 21.0 Å². The summed E-state index contributed by atoms with van der Waals surface area (Å²) in [7, 11) is -4.23. The summed E-state index contributed by atoms with van der Waals surface area (Å²) in [6.45, 7) is 7.09. The lowest BCUT2D eigenvalue weighted by Crippen LogP contribution is -2.51. The van der Waals surface area contributed by atoms with Gasteiger partial charge in [0.1, 0.15) is 12.6 Å². The second kappa shape index (κ2) is 12.7. The van der Waals surface area contributed by atoms with E-state index in [1.807, 2.05) is 38.1 Å². The van der Waals surface area contributed by atoms with Crippen LogP contribution >= 0.6 is 23.2 Å². The minimum atomic E-state index is -4.23. The van der Waals surface area contributed by atoms with Crippen LogP contribution in [0.15, 0.2) is 71.6 Å². The van der Waals surface area contributed by atoms with Crippen molar-refractivity contribution < 1.29 is 18.0 Å². The summed E-state index contributed by atoms with van der Waals surface area (Å²) in [5.74, 6) is -0.917. The Kier molecular flexibility index (Phi) is 9.82. The van der Waals surface area contributed by atoms with Crippen LogP contribution in [-0.4, -0.2) is 44.3 Å². The number of likely N-dealkylation sites (N-methyl/N-ethyl adjacent to an activating group) is 1. The fourth-order valence-electron chi connectivity index (χ4n) is 3.94. The van der Waals surface area contributed by atoms with Crippen LogP contribution in [0.25, 0.3) is 0 Å². The minimum absolute atomic E-state index is 0.00560. The van der Waals surface area contributed by atoms with Crippen molar-refractivity contribution in [3.8, 4) is 0 Å². The lowest BCUT2D eigenvalue weighted by atomic mass is 10.1. The van der Waals surface area contributed by atoms with Crippen LogP contribution in [0.5, 0.6) is 0 Å². The molecular formula is C28H31Cl2N3O4S. The second-order valence-electron chi connectivity index (χ2n) is 9.00. The Morgan fingerprint density at radius 2 is 1.63 bits per heavy atom. The molecule has 7 nitrogen and oxygen atoms in total. The van der Waals surface area contributed by atoms with Crippen LogP contribution in [0.3, 0.4) is 0 Å². The number of carbonyl (C=O) groups excluding carboxylic acids is 2. The van der Waals surface area contributed by atoms with Gasteiger partial charge in [-0.15, -0.1) is 0 Å². The zero-order valence-corrected chi connectivity index (χ0v) is 24.1. The van der Waals surface area contributed by atoms with Gasteiger partial charge in [0.2, 0.25) is 11.8 Å². The van der Waals surface area contributed by atoms with Crippen LogP contribution in [0.2, 0.25) is 10.0 Å². The third-order valence-corrected chi connectivity index (χ3v) is 8.35. The minimum Gasteiger partial charge on any atom is -0.355 e. The summed E-state index contributed by atoms with van der Waals surface area (Å²) in [5.41, 5.74) is 2.75. The van der Waals surface area contributed by atoms with Gasteiger partial charge >= 0.3 is 0 Å². The summed E-state index contributed by atoms with van der Waals surface area (Å²) < 4.78 is 28.6. The zero-order valence-electron chi connectivity index (χ0n) is 21.7. The molecule has 3 aromatic carbocycles. The third-order valence-electron chi connectivity index (χ3n) is 6.02. The van der Waals surface area contributed by atoms with Crippen molar-refractivity contribution in [1.82, 2.24) is 10.2 Å². The number of rotatable bonds is 10. The normalized spacial score (nSPS) is 12.1.